The number of nitrogens with zero attached hydrogens (tertiary/aromatic N) is 2. The van der Waals surface area contributed by atoms with E-state index in [-0.39, 0.29) is 11.6 Å². The lowest BCUT2D eigenvalue weighted by Gasteiger charge is -2.12. The lowest BCUT2D eigenvalue weighted by Crippen LogP contribution is -2.21. The minimum absolute atomic E-state index is 0.0614. The second-order valence-electron chi connectivity index (χ2n) is 4.61. The Balaban J connectivity index is 2.27. The minimum atomic E-state index is -1.47. The quantitative estimate of drug-likeness (QED) is 0.817. The number of hydrogen-bond acceptors (Lipinski definition) is 4. The Morgan fingerprint density at radius 3 is 2.38 bits per heavy atom. The molecule has 7 heteroatoms. The summed E-state index contributed by atoms with van der Waals surface area (Å²) in [5, 5.41) is 12.5. The van der Waals surface area contributed by atoms with Crippen LogP contribution in [0.5, 0.6) is 0 Å². The maximum absolute atomic E-state index is 13.3. The molecule has 0 fully saturated rings. The van der Waals surface area contributed by atoms with Crippen molar-refractivity contribution in [2.45, 2.75) is 32.7 Å². The first-order chi connectivity index (χ1) is 10.1. The van der Waals surface area contributed by atoms with Gasteiger partial charge in [0.05, 0.1) is 6.04 Å². The van der Waals surface area contributed by atoms with Crippen LogP contribution in [-0.2, 0) is 0 Å². The van der Waals surface area contributed by atoms with Crippen molar-refractivity contribution in [3.8, 4) is 10.6 Å². The number of benzene rings is 1. The average molecular weight is 315 g/mol. The first kappa shape index (κ1) is 15.9. The molecule has 0 amide bonds. The second kappa shape index (κ2) is 7.00. The van der Waals surface area contributed by atoms with Gasteiger partial charge in [0.2, 0.25) is 0 Å². The van der Waals surface area contributed by atoms with Gasteiger partial charge in [0, 0.05) is 5.56 Å². The van der Waals surface area contributed by atoms with Crippen LogP contribution in [-0.4, -0.2) is 16.7 Å². The summed E-state index contributed by atoms with van der Waals surface area (Å²) in [6.45, 7) is 4.94. The van der Waals surface area contributed by atoms with Gasteiger partial charge in [-0.05, 0) is 31.5 Å². The van der Waals surface area contributed by atoms with Crippen LogP contribution in [0.3, 0.4) is 0 Å². The fraction of sp³-hybridized carbons (Fsp3) is 0.429. The molecule has 0 radical (unpaired) electrons. The van der Waals surface area contributed by atoms with Crippen molar-refractivity contribution in [1.29, 1.82) is 0 Å². The molecule has 0 saturated carbocycles. The van der Waals surface area contributed by atoms with Crippen LogP contribution in [0, 0.1) is 17.5 Å². The molecular formula is C14H16F3N3S. The molecule has 2 aromatic rings. The topological polar surface area (TPSA) is 37.8 Å². The van der Waals surface area contributed by atoms with E-state index >= 15 is 0 Å². The summed E-state index contributed by atoms with van der Waals surface area (Å²) in [7, 11) is 0. The van der Waals surface area contributed by atoms with E-state index in [1.165, 1.54) is 11.3 Å². The molecule has 1 N–H and O–H groups in total. The zero-order valence-corrected chi connectivity index (χ0v) is 12.6. The SMILES string of the molecule is CCCNC(CC)c1nnc(-c2cc(F)c(F)c(F)c2)s1. The van der Waals surface area contributed by atoms with E-state index in [1.807, 2.05) is 6.92 Å². The predicted molar refractivity (Wildman–Crippen MR) is 76.5 cm³/mol. The molecule has 0 aliphatic heterocycles. The second-order valence-corrected chi connectivity index (χ2v) is 5.62. The van der Waals surface area contributed by atoms with Gasteiger partial charge in [-0.3, -0.25) is 0 Å². The third-order valence-electron chi connectivity index (χ3n) is 3.02. The number of aromatic nitrogens is 2. The van der Waals surface area contributed by atoms with Crippen molar-refractivity contribution in [3.05, 3.63) is 34.6 Å². The lowest BCUT2D eigenvalue weighted by atomic mass is 10.2. The maximum Gasteiger partial charge on any atom is 0.194 e. The normalized spacial score (nSPS) is 12.6. The zero-order chi connectivity index (χ0) is 15.4. The van der Waals surface area contributed by atoms with Gasteiger partial charge in [0.1, 0.15) is 10.0 Å². The van der Waals surface area contributed by atoms with Crippen molar-refractivity contribution in [3.63, 3.8) is 0 Å². The Bertz CT molecular complexity index is 592. The maximum atomic E-state index is 13.3. The third kappa shape index (κ3) is 3.59. The molecule has 0 spiro atoms. The highest BCUT2D eigenvalue weighted by Crippen LogP contribution is 2.29. The third-order valence-corrected chi connectivity index (χ3v) is 4.10. The molecule has 0 aliphatic carbocycles. The molecule has 1 unspecified atom stereocenters. The first-order valence-electron chi connectivity index (χ1n) is 6.78. The van der Waals surface area contributed by atoms with Crippen LogP contribution < -0.4 is 5.32 Å². The smallest absolute Gasteiger partial charge is 0.194 e. The largest absolute Gasteiger partial charge is 0.308 e. The van der Waals surface area contributed by atoms with E-state index in [4.69, 9.17) is 0 Å². The van der Waals surface area contributed by atoms with E-state index in [0.29, 0.717) is 5.01 Å². The van der Waals surface area contributed by atoms with E-state index in [1.54, 1.807) is 0 Å². The highest BCUT2D eigenvalue weighted by atomic mass is 32.1. The summed E-state index contributed by atoms with van der Waals surface area (Å²) < 4.78 is 39.5. The molecule has 1 atom stereocenters. The fourth-order valence-electron chi connectivity index (χ4n) is 1.90. The fourth-order valence-corrected chi connectivity index (χ4v) is 2.89. The van der Waals surface area contributed by atoms with Crippen LogP contribution >= 0.6 is 11.3 Å². The Labute approximate surface area is 125 Å². The molecule has 0 aliphatic rings. The predicted octanol–water partition coefficient (Wildman–Crippen LogP) is 4.07. The van der Waals surface area contributed by atoms with Gasteiger partial charge in [-0.2, -0.15) is 0 Å². The number of nitrogens with one attached hydrogen (secondary N) is 1. The zero-order valence-electron chi connectivity index (χ0n) is 11.8. The molecule has 1 aromatic heterocycles. The van der Waals surface area contributed by atoms with Crippen molar-refractivity contribution in [2.75, 3.05) is 6.54 Å². The molecule has 21 heavy (non-hydrogen) atoms. The summed E-state index contributed by atoms with van der Waals surface area (Å²) in [5.41, 5.74) is 0.195. The summed E-state index contributed by atoms with van der Waals surface area (Å²) in [4.78, 5) is 0. The molecule has 114 valence electrons. The molecule has 1 aromatic carbocycles. The van der Waals surface area contributed by atoms with E-state index in [0.717, 1.165) is 36.5 Å². The highest BCUT2D eigenvalue weighted by Gasteiger charge is 2.17. The lowest BCUT2D eigenvalue weighted by molar-refractivity contribution is 0.447. The van der Waals surface area contributed by atoms with E-state index in [2.05, 4.69) is 22.4 Å². The number of hydrogen-bond donors (Lipinski definition) is 1. The number of halogens is 3. The van der Waals surface area contributed by atoms with E-state index in [9.17, 15) is 13.2 Å². The minimum Gasteiger partial charge on any atom is -0.308 e. The van der Waals surface area contributed by atoms with Crippen LogP contribution in [0.25, 0.3) is 10.6 Å². The summed E-state index contributed by atoms with van der Waals surface area (Å²) in [6.07, 6.45) is 1.83. The van der Waals surface area contributed by atoms with Crippen molar-refractivity contribution in [1.82, 2.24) is 15.5 Å². The summed E-state index contributed by atoms with van der Waals surface area (Å²) in [6, 6.07) is 1.93. The van der Waals surface area contributed by atoms with Gasteiger partial charge in [-0.25, -0.2) is 13.2 Å². The monoisotopic (exact) mass is 315 g/mol. The van der Waals surface area contributed by atoms with Crippen LogP contribution in [0.2, 0.25) is 0 Å². The van der Waals surface area contributed by atoms with Crippen LogP contribution in [0.1, 0.15) is 37.7 Å². The first-order valence-corrected chi connectivity index (χ1v) is 7.60. The average Bonchev–Trinajstić information content (AvgIpc) is 2.95. The Morgan fingerprint density at radius 1 is 1.14 bits per heavy atom. The Morgan fingerprint density at radius 2 is 1.81 bits per heavy atom. The Kier molecular flexibility index (Phi) is 5.30. The molecule has 0 bridgehead atoms. The van der Waals surface area contributed by atoms with Gasteiger partial charge >= 0.3 is 0 Å². The van der Waals surface area contributed by atoms with Gasteiger partial charge in [0.25, 0.3) is 0 Å². The molecule has 3 nitrogen and oxygen atoms in total. The van der Waals surface area contributed by atoms with Gasteiger partial charge < -0.3 is 5.32 Å². The molecule has 2 rings (SSSR count). The Hall–Kier alpha value is -1.47. The van der Waals surface area contributed by atoms with Gasteiger partial charge in [-0.15, -0.1) is 10.2 Å². The highest BCUT2D eigenvalue weighted by molar-refractivity contribution is 7.14. The molecular weight excluding hydrogens is 299 g/mol. The van der Waals surface area contributed by atoms with Crippen molar-refractivity contribution >= 4 is 11.3 Å². The van der Waals surface area contributed by atoms with Gasteiger partial charge in [-0.1, -0.05) is 25.2 Å². The molecule has 1 heterocycles. The standard InChI is InChI=1S/C14H16F3N3S/c1-3-5-18-11(4-2)14-20-19-13(21-14)8-6-9(15)12(17)10(16)7-8/h6-7,11,18H,3-5H2,1-2H3. The molecule has 0 saturated heterocycles. The van der Waals surface area contributed by atoms with E-state index < -0.39 is 17.5 Å². The summed E-state index contributed by atoms with van der Waals surface area (Å²) in [5.74, 6) is -3.92. The summed E-state index contributed by atoms with van der Waals surface area (Å²) >= 11 is 1.25. The van der Waals surface area contributed by atoms with Crippen molar-refractivity contribution in [2.24, 2.45) is 0 Å². The van der Waals surface area contributed by atoms with Crippen LogP contribution in [0.4, 0.5) is 13.2 Å². The number of rotatable bonds is 6. The van der Waals surface area contributed by atoms with Crippen LogP contribution in [0.15, 0.2) is 12.1 Å². The van der Waals surface area contributed by atoms with Crippen molar-refractivity contribution < 1.29 is 13.2 Å². The van der Waals surface area contributed by atoms with Gasteiger partial charge in [0.15, 0.2) is 17.5 Å².